The van der Waals surface area contributed by atoms with Crippen LogP contribution in [0.4, 0.5) is 8.78 Å². The number of nitrogens with zero attached hydrogens (tertiary/aromatic N) is 5. The molecule has 8 nitrogen and oxygen atoms in total. The Labute approximate surface area is 158 Å². The maximum atomic E-state index is 13.5. The Morgan fingerprint density at radius 1 is 1.21 bits per heavy atom. The fourth-order valence-electron chi connectivity index (χ4n) is 3.17. The molecular formula is C18H17F2N5O3. The zero-order valence-corrected chi connectivity index (χ0v) is 14.9. The summed E-state index contributed by atoms with van der Waals surface area (Å²) in [5.74, 6) is -2.85. The molecule has 1 saturated carbocycles. The fourth-order valence-corrected chi connectivity index (χ4v) is 3.17. The van der Waals surface area contributed by atoms with E-state index >= 15 is 0 Å². The molecule has 0 unspecified atom stereocenters. The molecule has 1 fully saturated rings. The van der Waals surface area contributed by atoms with Crippen LogP contribution in [0.5, 0.6) is 11.8 Å². The van der Waals surface area contributed by atoms with Crippen molar-refractivity contribution >= 4 is 0 Å². The van der Waals surface area contributed by atoms with E-state index in [2.05, 4.69) is 20.2 Å². The SMILES string of the molecule is CO[C@H]1CC(F)(F)C[C@@H]1Oc1ncc(-c2ccc(-n3ccnc3)cc2O)nn1. The minimum atomic E-state index is -2.85. The van der Waals surface area contributed by atoms with Crippen LogP contribution in [0, 0.1) is 0 Å². The van der Waals surface area contributed by atoms with Crippen molar-refractivity contribution in [3.05, 3.63) is 43.1 Å². The predicted octanol–water partition coefficient (Wildman–Crippen LogP) is 2.62. The molecule has 0 bridgehead atoms. The number of hydrogen-bond acceptors (Lipinski definition) is 7. The Kier molecular flexibility index (Phi) is 4.63. The second kappa shape index (κ2) is 7.12. The summed E-state index contributed by atoms with van der Waals surface area (Å²) in [6, 6.07) is 4.90. The van der Waals surface area contributed by atoms with Crippen LogP contribution in [0.15, 0.2) is 43.1 Å². The Hall–Kier alpha value is -3.14. The number of phenols is 1. The van der Waals surface area contributed by atoms with Gasteiger partial charge in [-0.1, -0.05) is 5.10 Å². The molecule has 0 amide bonds. The summed E-state index contributed by atoms with van der Waals surface area (Å²) in [7, 11) is 1.36. The van der Waals surface area contributed by atoms with Crippen molar-refractivity contribution in [3.8, 4) is 28.7 Å². The quantitative estimate of drug-likeness (QED) is 0.717. The molecule has 3 aromatic rings. The van der Waals surface area contributed by atoms with Gasteiger partial charge in [-0.2, -0.15) is 0 Å². The first-order valence-electron chi connectivity index (χ1n) is 8.54. The van der Waals surface area contributed by atoms with Crippen molar-refractivity contribution < 1.29 is 23.4 Å². The summed E-state index contributed by atoms with van der Waals surface area (Å²) in [5, 5.41) is 18.1. The first kappa shape index (κ1) is 18.2. The molecule has 0 spiro atoms. The lowest BCUT2D eigenvalue weighted by atomic mass is 10.1. The minimum Gasteiger partial charge on any atom is -0.507 e. The summed E-state index contributed by atoms with van der Waals surface area (Å²) >= 11 is 0. The van der Waals surface area contributed by atoms with Crippen LogP contribution in [0.25, 0.3) is 16.9 Å². The van der Waals surface area contributed by atoms with Crippen LogP contribution < -0.4 is 4.74 Å². The molecule has 0 aliphatic heterocycles. The molecule has 1 N–H and O–H groups in total. The number of alkyl halides is 2. The third kappa shape index (κ3) is 3.63. The van der Waals surface area contributed by atoms with Gasteiger partial charge in [-0.3, -0.25) is 0 Å². The molecule has 1 aliphatic carbocycles. The Balaban J connectivity index is 1.51. The molecule has 1 aromatic carbocycles. The molecule has 2 aromatic heterocycles. The van der Waals surface area contributed by atoms with Crippen molar-refractivity contribution in [1.29, 1.82) is 0 Å². The number of ether oxygens (including phenoxy) is 2. The molecule has 146 valence electrons. The van der Waals surface area contributed by atoms with Gasteiger partial charge in [0.15, 0.2) is 0 Å². The second-order valence-corrected chi connectivity index (χ2v) is 6.49. The van der Waals surface area contributed by atoms with Crippen LogP contribution in [0.1, 0.15) is 12.8 Å². The highest BCUT2D eigenvalue weighted by atomic mass is 19.3. The number of methoxy groups -OCH3 is 1. The minimum absolute atomic E-state index is 0.00847. The van der Waals surface area contributed by atoms with Gasteiger partial charge in [-0.25, -0.2) is 18.7 Å². The molecule has 0 radical (unpaired) electrons. The zero-order chi connectivity index (χ0) is 19.7. The molecule has 1 aliphatic rings. The van der Waals surface area contributed by atoms with Gasteiger partial charge in [0.1, 0.15) is 17.5 Å². The van der Waals surface area contributed by atoms with E-state index in [9.17, 15) is 13.9 Å². The van der Waals surface area contributed by atoms with E-state index in [1.165, 1.54) is 13.3 Å². The van der Waals surface area contributed by atoms with Gasteiger partial charge in [-0.15, -0.1) is 5.10 Å². The number of hydrogen-bond donors (Lipinski definition) is 1. The summed E-state index contributed by atoms with van der Waals surface area (Å²) in [6.45, 7) is 0. The molecule has 28 heavy (non-hydrogen) atoms. The standard InChI is InChI=1S/C18H17F2N5O3/c1-27-15-7-18(19,20)8-16(15)28-17-22-9-13(23-24-17)12-3-2-11(6-14(12)26)25-5-4-21-10-25/h2-6,9-10,15-16,26H,7-8H2,1H3/t15-,16-/m0/s1. The van der Waals surface area contributed by atoms with E-state index in [1.54, 1.807) is 41.5 Å². The number of imidazole rings is 1. The normalized spacial score (nSPS) is 21.0. The number of halogens is 2. The van der Waals surface area contributed by atoms with Gasteiger partial charge in [0.25, 0.3) is 5.92 Å². The summed E-state index contributed by atoms with van der Waals surface area (Å²) in [6.07, 6.45) is 3.90. The molecular weight excluding hydrogens is 372 g/mol. The van der Waals surface area contributed by atoms with Gasteiger partial charge < -0.3 is 19.1 Å². The third-order valence-electron chi connectivity index (χ3n) is 4.57. The van der Waals surface area contributed by atoms with Crippen molar-refractivity contribution in [2.24, 2.45) is 0 Å². The zero-order valence-electron chi connectivity index (χ0n) is 14.9. The highest BCUT2D eigenvalue weighted by molar-refractivity contribution is 5.67. The van der Waals surface area contributed by atoms with Crippen LogP contribution in [0.3, 0.4) is 0 Å². The van der Waals surface area contributed by atoms with Gasteiger partial charge in [-0.05, 0) is 12.1 Å². The maximum absolute atomic E-state index is 13.5. The van der Waals surface area contributed by atoms with Gasteiger partial charge in [0.2, 0.25) is 0 Å². The van der Waals surface area contributed by atoms with E-state index < -0.39 is 31.0 Å². The highest BCUT2D eigenvalue weighted by Gasteiger charge is 2.48. The number of rotatable bonds is 5. The number of phenolic OH excluding ortho intramolecular Hbond substituents is 1. The monoisotopic (exact) mass is 389 g/mol. The fraction of sp³-hybridized carbons (Fsp3) is 0.333. The van der Waals surface area contributed by atoms with Gasteiger partial charge >= 0.3 is 6.01 Å². The Bertz CT molecular complexity index is 950. The third-order valence-corrected chi connectivity index (χ3v) is 4.57. The number of aromatic nitrogens is 5. The Morgan fingerprint density at radius 2 is 2.04 bits per heavy atom. The number of aromatic hydroxyl groups is 1. The predicted molar refractivity (Wildman–Crippen MR) is 93.4 cm³/mol. The van der Waals surface area contributed by atoms with Crippen molar-refractivity contribution in [1.82, 2.24) is 24.7 Å². The smallest absolute Gasteiger partial charge is 0.336 e. The van der Waals surface area contributed by atoms with Crippen LogP contribution in [0.2, 0.25) is 0 Å². The molecule has 2 heterocycles. The van der Waals surface area contributed by atoms with Crippen molar-refractivity contribution in [2.45, 2.75) is 31.0 Å². The molecule has 10 heteroatoms. The van der Waals surface area contributed by atoms with Crippen LogP contribution in [-0.4, -0.2) is 55.1 Å². The molecule has 4 rings (SSSR count). The van der Waals surface area contributed by atoms with Crippen molar-refractivity contribution in [2.75, 3.05) is 7.11 Å². The average molecular weight is 389 g/mol. The number of benzene rings is 1. The highest BCUT2D eigenvalue weighted by Crippen LogP contribution is 2.38. The molecule has 0 saturated heterocycles. The summed E-state index contributed by atoms with van der Waals surface area (Å²) in [5.41, 5.74) is 1.48. The average Bonchev–Trinajstić information content (AvgIpc) is 3.30. The van der Waals surface area contributed by atoms with E-state index in [0.717, 1.165) is 5.69 Å². The van der Waals surface area contributed by atoms with Gasteiger partial charge in [0.05, 0.1) is 30.7 Å². The topological polar surface area (TPSA) is 95.2 Å². The van der Waals surface area contributed by atoms with Crippen LogP contribution in [-0.2, 0) is 4.74 Å². The Morgan fingerprint density at radius 3 is 2.68 bits per heavy atom. The second-order valence-electron chi connectivity index (χ2n) is 6.49. The van der Waals surface area contributed by atoms with Gasteiger partial charge in [0, 0.05) is 37.6 Å². The van der Waals surface area contributed by atoms with Crippen molar-refractivity contribution in [3.63, 3.8) is 0 Å². The van der Waals surface area contributed by atoms with E-state index in [0.29, 0.717) is 11.3 Å². The van der Waals surface area contributed by atoms with E-state index in [1.807, 2.05) is 0 Å². The lowest BCUT2D eigenvalue weighted by molar-refractivity contribution is -0.00999. The first-order valence-corrected chi connectivity index (χ1v) is 8.54. The lowest BCUT2D eigenvalue weighted by Crippen LogP contribution is -2.28. The largest absolute Gasteiger partial charge is 0.507 e. The summed E-state index contributed by atoms with van der Waals surface area (Å²) < 4.78 is 39.3. The van der Waals surface area contributed by atoms with Crippen LogP contribution >= 0.6 is 0 Å². The summed E-state index contributed by atoms with van der Waals surface area (Å²) in [4.78, 5) is 7.99. The van der Waals surface area contributed by atoms with E-state index in [4.69, 9.17) is 9.47 Å². The molecule has 2 atom stereocenters. The maximum Gasteiger partial charge on any atom is 0.336 e. The van der Waals surface area contributed by atoms with E-state index in [-0.39, 0.29) is 11.8 Å². The first-order chi connectivity index (χ1) is 13.4. The lowest BCUT2D eigenvalue weighted by Gasteiger charge is -2.17.